The number of halogens is 3. The van der Waals surface area contributed by atoms with Crippen LogP contribution in [0.5, 0.6) is 0 Å². The summed E-state index contributed by atoms with van der Waals surface area (Å²) in [5, 5.41) is 6.65. The molecule has 0 radical (unpaired) electrons. The summed E-state index contributed by atoms with van der Waals surface area (Å²) in [7, 11) is 0. The number of thiocarbonyl (C=S) groups is 1. The molecule has 0 unspecified atom stereocenters. The summed E-state index contributed by atoms with van der Waals surface area (Å²) in [5.41, 5.74) is 2.86. The number of nitrogens with one attached hydrogen (secondary N) is 2. The smallest absolute Gasteiger partial charge is 0.226 e. The van der Waals surface area contributed by atoms with Gasteiger partial charge >= 0.3 is 0 Å². The molecule has 0 bridgehead atoms. The summed E-state index contributed by atoms with van der Waals surface area (Å²) >= 11 is 11.8. The summed E-state index contributed by atoms with van der Waals surface area (Å²) in [6.07, 6.45) is 3.73. The zero-order valence-electron chi connectivity index (χ0n) is 19.4. The summed E-state index contributed by atoms with van der Waals surface area (Å²) in [6, 6.07) is 19.0. The van der Waals surface area contributed by atoms with Crippen molar-refractivity contribution in [3.8, 4) is 5.69 Å². The van der Waals surface area contributed by atoms with E-state index in [4.69, 9.17) is 23.8 Å². The van der Waals surface area contributed by atoms with Gasteiger partial charge in [-0.05, 0) is 78.9 Å². The van der Waals surface area contributed by atoms with Crippen LogP contribution in [-0.2, 0) is 4.79 Å². The Bertz CT molecular complexity index is 1430. The molecular weight excluding hydrogens is 516 g/mol. The molecule has 0 spiro atoms. The van der Waals surface area contributed by atoms with Crippen molar-refractivity contribution in [2.24, 2.45) is 0 Å². The topological polar surface area (TPSA) is 62.2 Å². The van der Waals surface area contributed by atoms with Crippen molar-refractivity contribution in [2.75, 3.05) is 11.9 Å². The van der Waals surface area contributed by atoms with Gasteiger partial charge in [-0.1, -0.05) is 17.7 Å². The number of hydrogen-bond acceptors (Lipinski definition) is 3. The largest absolute Gasteiger partial charge is 0.352 e. The lowest BCUT2D eigenvalue weighted by Gasteiger charge is -2.29. The molecule has 0 aliphatic carbocycles. The number of carbonyl (C=O) groups excluding carboxylic acids is 1. The standard InChI is InChI=1S/C27H22ClF2N5OS/c28-20-16-19(10-11-21(20)30)34-14-3-5-23(34)26-25(22-4-1-2-13-31-22)33-27(37)35(26)15-12-24(36)32-18-8-6-17(29)7-9-18/h1-11,13-14,16,25-26H,12,15H2,(H,32,36)(H,33,37)/t25-,26+/m1/s1. The highest BCUT2D eigenvalue weighted by molar-refractivity contribution is 7.80. The first-order valence-corrected chi connectivity index (χ1v) is 12.4. The Labute approximate surface area is 222 Å². The van der Waals surface area contributed by atoms with Crippen LogP contribution < -0.4 is 10.6 Å². The van der Waals surface area contributed by atoms with Gasteiger partial charge in [-0.25, -0.2) is 8.78 Å². The third-order valence-corrected chi connectivity index (χ3v) is 6.81. The molecule has 1 amide bonds. The van der Waals surface area contributed by atoms with Crippen LogP contribution in [0.2, 0.25) is 5.02 Å². The number of hydrogen-bond donors (Lipinski definition) is 2. The van der Waals surface area contributed by atoms with Crippen molar-refractivity contribution in [1.82, 2.24) is 19.8 Å². The van der Waals surface area contributed by atoms with Crippen LogP contribution in [0.15, 0.2) is 85.2 Å². The Morgan fingerprint density at radius 2 is 1.89 bits per heavy atom. The van der Waals surface area contributed by atoms with Crippen LogP contribution in [-0.4, -0.2) is 32.0 Å². The monoisotopic (exact) mass is 537 g/mol. The van der Waals surface area contributed by atoms with Crippen LogP contribution in [0, 0.1) is 11.6 Å². The molecule has 1 aliphatic heterocycles. The van der Waals surface area contributed by atoms with Crippen LogP contribution >= 0.6 is 23.8 Å². The lowest BCUT2D eigenvalue weighted by molar-refractivity contribution is -0.116. The highest BCUT2D eigenvalue weighted by Gasteiger charge is 2.41. The molecule has 3 heterocycles. The van der Waals surface area contributed by atoms with Gasteiger partial charge in [0.2, 0.25) is 5.91 Å². The Morgan fingerprint density at radius 3 is 2.62 bits per heavy atom. The molecule has 1 saturated heterocycles. The minimum absolute atomic E-state index is 0.0211. The molecule has 2 aromatic carbocycles. The van der Waals surface area contributed by atoms with Gasteiger partial charge in [-0.3, -0.25) is 9.78 Å². The molecule has 2 aromatic heterocycles. The quantitative estimate of drug-likeness (QED) is 0.292. The van der Waals surface area contributed by atoms with Crippen LogP contribution in [0.3, 0.4) is 0 Å². The van der Waals surface area contributed by atoms with Crippen LogP contribution in [0.1, 0.15) is 29.9 Å². The molecule has 0 saturated carbocycles. The summed E-state index contributed by atoms with van der Waals surface area (Å²) in [5.74, 6) is -1.10. The van der Waals surface area contributed by atoms with E-state index in [0.717, 1.165) is 11.4 Å². The third kappa shape index (κ3) is 5.33. The average Bonchev–Trinajstić information content (AvgIpc) is 3.50. The van der Waals surface area contributed by atoms with Gasteiger partial charge in [-0.15, -0.1) is 0 Å². The molecule has 5 rings (SSSR count). The fraction of sp³-hybridized carbons (Fsp3) is 0.148. The van der Waals surface area contributed by atoms with Gasteiger partial charge in [0.1, 0.15) is 11.6 Å². The van der Waals surface area contributed by atoms with Crippen LogP contribution in [0.4, 0.5) is 14.5 Å². The van der Waals surface area contributed by atoms with E-state index in [1.54, 1.807) is 18.3 Å². The predicted octanol–water partition coefficient (Wildman–Crippen LogP) is 5.81. The number of aromatic nitrogens is 2. The SMILES string of the molecule is O=C(CCN1C(=S)N[C@H](c2ccccn2)[C@@H]1c1cccn1-c1ccc(F)c(Cl)c1)Nc1ccc(F)cc1. The fourth-order valence-electron chi connectivity index (χ4n) is 4.45. The first kappa shape index (κ1) is 24.9. The lowest BCUT2D eigenvalue weighted by Crippen LogP contribution is -2.33. The average molecular weight is 538 g/mol. The fourth-order valence-corrected chi connectivity index (χ4v) is 4.96. The van der Waals surface area contributed by atoms with Gasteiger partial charge in [-0.2, -0.15) is 0 Å². The lowest BCUT2D eigenvalue weighted by atomic mass is 10.0. The van der Waals surface area contributed by atoms with E-state index in [2.05, 4.69) is 15.6 Å². The van der Waals surface area contributed by atoms with Crippen molar-refractivity contribution in [3.63, 3.8) is 0 Å². The number of nitrogens with zero attached hydrogens (tertiary/aromatic N) is 3. The summed E-state index contributed by atoms with van der Waals surface area (Å²) in [4.78, 5) is 19.2. The van der Waals surface area contributed by atoms with Crippen molar-refractivity contribution in [2.45, 2.75) is 18.5 Å². The van der Waals surface area contributed by atoms with E-state index in [-0.39, 0.29) is 35.3 Å². The van der Waals surface area contributed by atoms with Gasteiger partial charge in [0.25, 0.3) is 0 Å². The molecule has 37 heavy (non-hydrogen) atoms. The number of pyridine rings is 1. The molecule has 2 N–H and O–H groups in total. The van der Waals surface area contributed by atoms with Crippen molar-refractivity contribution < 1.29 is 13.6 Å². The molecule has 6 nitrogen and oxygen atoms in total. The molecule has 4 aromatic rings. The molecule has 188 valence electrons. The van der Waals surface area contributed by atoms with E-state index in [1.807, 2.05) is 46.0 Å². The van der Waals surface area contributed by atoms with E-state index < -0.39 is 5.82 Å². The summed E-state index contributed by atoms with van der Waals surface area (Å²) < 4.78 is 29.0. The first-order chi connectivity index (χ1) is 17.9. The maximum Gasteiger partial charge on any atom is 0.226 e. The molecule has 1 fully saturated rings. The molecule has 10 heteroatoms. The zero-order chi connectivity index (χ0) is 25.9. The third-order valence-electron chi connectivity index (χ3n) is 6.17. The minimum Gasteiger partial charge on any atom is -0.352 e. The highest BCUT2D eigenvalue weighted by atomic mass is 35.5. The number of rotatable bonds is 7. The molecular formula is C27H22ClF2N5OS. The van der Waals surface area contributed by atoms with Gasteiger partial charge in [0.05, 0.1) is 22.8 Å². The maximum absolute atomic E-state index is 13.8. The van der Waals surface area contributed by atoms with Crippen molar-refractivity contribution in [1.29, 1.82) is 0 Å². The second kappa shape index (κ2) is 10.7. The predicted molar refractivity (Wildman–Crippen MR) is 143 cm³/mol. The first-order valence-electron chi connectivity index (χ1n) is 11.6. The van der Waals surface area contributed by atoms with E-state index in [1.165, 1.54) is 30.3 Å². The van der Waals surface area contributed by atoms with Gasteiger partial charge in [0, 0.05) is 42.4 Å². The highest BCUT2D eigenvalue weighted by Crippen LogP contribution is 2.39. The van der Waals surface area contributed by atoms with E-state index in [9.17, 15) is 13.6 Å². The Hall–Kier alpha value is -3.82. The number of amides is 1. The number of anilines is 1. The molecule has 1 aliphatic rings. The van der Waals surface area contributed by atoms with Crippen LogP contribution in [0.25, 0.3) is 5.69 Å². The Morgan fingerprint density at radius 1 is 1.08 bits per heavy atom. The van der Waals surface area contributed by atoms with Crippen molar-refractivity contribution in [3.05, 3.63) is 113 Å². The minimum atomic E-state index is -0.497. The zero-order valence-corrected chi connectivity index (χ0v) is 21.0. The van der Waals surface area contributed by atoms with E-state index in [0.29, 0.717) is 23.0 Å². The Balaban J connectivity index is 1.44. The Kier molecular flexibility index (Phi) is 7.16. The molecule has 2 atom stereocenters. The number of carbonyl (C=O) groups is 1. The second-order valence-electron chi connectivity index (χ2n) is 8.53. The van der Waals surface area contributed by atoms with Gasteiger partial charge in [0.15, 0.2) is 5.11 Å². The second-order valence-corrected chi connectivity index (χ2v) is 9.32. The number of benzene rings is 2. The normalized spacial score (nSPS) is 17.1. The van der Waals surface area contributed by atoms with E-state index >= 15 is 0 Å². The summed E-state index contributed by atoms with van der Waals surface area (Å²) in [6.45, 7) is 0.322. The maximum atomic E-state index is 13.8. The van der Waals surface area contributed by atoms with Crippen molar-refractivity contribution >= 4 is 40.5 Å². The van der Waals surface area contributed by atoms with Gasteiger partial charge < -0.3 is 20.1 Å².